The zero-order valence-corrected chi connectivity index (χ0v) is 12.7. The van der Waals surface area contributed by atoms with Crippen LogP contribution in [0, 0.1) is 13.8 Å². The first-order valence-electron chi connectivity index (χ1n) is 6.45. The van der Waals surface area contributed by atoms with Crippen LogP contribution in [0.1, 0.15) is 21.5 Å². The number of rotatable bonds is 5. The molecule has 0 heterocycles. The molecule has 0 N–H and O–H groups in total. The van der Waals surface area contributed by atoms with Gasteiger partial charge >= 0.3 is 0 Å². The Kier molecular flexibility index (Phi) is 4.55. The molecule has 0 aliphatic rings. The highest BCUT2D eigenvalue weighted by Gasteiger charge is 2.18. The number of hydrogen-bond donors (Lipinski definition) is 0. The molecule has 5 heteroatoms. The summed E-state index contributed by atoms with van der Waals surface area (Å²) in [5, 5.41) is 0. The van der Waals surface area contributed by atoms with Crippen molar-refractivity contribution in [1.82, 2.24) is 0 Å². The molecule has 0 saturated carbocycles. The van der Waals surface area contributed by atoms with Crippen LogP contribution >= 0.6 is 0 Å². The van der Waals surface area contributed by atoms with Gasteiger partial charge < -0.3 is 0 Å². The molecule has 0 bridgehead atoms. The van der Waals surface area contributed by atoms with Crippen LogP contribution in [0.25, 0.3) is 0 Å². The minimum Gasteiger partial charge on any atom is -0.291 e. The Bertz CT molecular complexity index is 746. The number of ketones is 1. The van der Waals surface area contributed by atoms with Crippen molar-refractivity contribution in [2.45, 2.75) is 18.7 Å². The van der Waals surface area contributed by atoms with E-state index >= 15 is 0 Å². The summed E-state index contributed by atoms with van der Waals surface area (Å²) < 4.78 is 28.8. The Morgan fingerprint density at radius 2 is 1.62 bits per heavy atom. The van der Waals surface area contributed by atoms with Crippen LogP contribution in [-0.2, 0) is 14.3 Å². The van der Waals surface area contributed by atoms with E-state index in [2.05, 4.69) is 0 Å². The molecular formula is C16H16O4S. The zero-order chi connectivity index (χ0) is 15.5. The summed E-state index contributed by atoms with van der Waals surface area (Å²) in [6.07, 6.45) is 0. The summed E-state index contributed by atoms with van der Waals surface area (Å²) in [7, 11) is -3.91. The lowest BCUT2D eigenvalue weighted by Gasteiger charge is -2.07. The first kappa shape index (κ1) is 15.4. The van der Waals surface area contributed by atoms with Gasteiger partial charge in [-0.25, -0.2) is 0 Å². The van der Waals surface area contributed by atoms with Gasteiger partial charge in [0.25, 0.3) is 10.1 Å². The lowest BCUT2D eigenvalue weighted by atomic mass is 10.1. The van der Waals surface area contributed by atoms with E-state index in [0.717, 1.165) is 11.1 Å². The molecule has 0 fully saturated rings. The molecule has 2 rings (SSSR count). The topological polar surface area (TPSA) is 60.4 Å². The standard InChI is InChI=1S/C16H16O4S/c1-12-7-9-14(10-8-12)21(18,19)20-11-16(17)15-6-4-3-5-13(15)2/h3-10H,11H2,1-2H3. The molecule has 2 aromatic carbocycles. The van der Waals surface area contributed by atoms with Crippen molar-refractivity contribution in [3.63, 3.8) is 0 Å². The predicted octanol–water partition coefficient (Wildman–Crippen LogP) is 2.89. The van der Waals surface area contributed by atoms with Crippen LogP contribution in [0.3, 0.4) is 0 Å². The highest BCUT2D eigenvalue weighted by Crippen LogP contribution is 2.14. The molecule has 0 aromatic heterocycles. The van der Waals surface area contributed by atoms with Crippen LogP contribution in [0.5, 0.6) is 0 Å². The highest BCUT2D eigenvalue weighted by molar-refractivity contribution is 7.86. The lowest BCUT2D eigenvalue weighted by molar-refractivity contribution is 0.0924. The van der Waals surface area contributed by atoms with E-state index in [0.29, 0.717) is 5.56 Å². The van der Waals surface area contributed by atoms with Crippen molar-refractivity contribution < 1.29 is 17.4 Å². The van der Waals surface area contributed by atoms with Crippen LogP contribution in [-0.4, -0.2) is 20.8 Å². The Morgan fingerprint density at radius 1 is 1.00 bits per heavy atom. The lowest BCUT2D eigenvalue weighted by Crippen LogP contribution is -2.15. The van der Waals surface area contributed by atoms with E-state index in [1.165, 1.54) is 12.1 Å². The maximum atomic E-state index is 12.0. The highest BCUT2D eigenvalue weighted by atomic mass is 32.2. The Morgan fingerprint density at radius 3 is 2.24 bits per heavy atom. The molecule has 0 spiro atoms. The second kappa shape index (κ2) is 6.20. The van der Waals surface area contributed by atoms with E-state index in [4.69, 9.17) is 4.18 Å². The van der Waals surface area contributed by atoms with Crippen LogP contribution in [0.2, 0.25) is 0 Å². The number of benzene rings is 2. The van der Waals surface area contributed by atoms with Crippen molar-refractivity contribution in [2.24, 2.45) is 0 Å². The third kappa shape index (κ3) is 3.77. The average molecular weight is 304 g/mol. The van der Waals surface area contributed by atoms with Gasteiger partial charge in [-0.1, -0.05) is 42.0 Å². The first-order chi connectivity index (χ1) is 9.90. The maximum Gasteiger partial charge on any atom is 0.297 e. The third-order valence-corrected chi connectivity index (χ3v) is 4.38. The minimum atomic E-state index is -3.91. The third-order valence-electron chi connectivity index (χ3n) is 3.10. The van der Waals surface area contributed by atoms with Crippen molar-refractivity contribution in [3.05, 3.63) is 65.2 Å². The summed E-state index contributed by atoms with van der Waals surface area (Å²) in [6, 6.07) is 13.3. The zero-order valence-electron chi connectivity index (χ0n) is 11.9. The Balaban J connectivity index is 2.10. The van der Waals surface area contributed by atoms with Gasteiger partial charge in [-0.2, -0.15) is 8.42 Å². The Hall–Kier alpha value is -1.98. The average Bonchev–Trinajstić information content (AvgIpc) is 2.46. The monoisotopic (exact) mass is 304 g/mol. The van der Waals surface area contributed by atoms with Gasteiger partial charge in [-0.3, -0.25) is 8.98 Å². The fraction of sp³-hybridized carbons (Fsp3) is 0.188. The van der Waals surface area contributed by atoms with E-state index in [1.54, 1.807) is 37.3 Å². The molecule has 2 aromatic rings. The molecule has 0 aliphatic carbocycles. The van der Waals surface area contributed by atoms with Gasteiger partial charge in [0.2, 0.25) is 0 Å². The molecule has 110 valence electrons. The fourth-order valence-electron chi connectivity index (χ4n) is 1.87. The SMILES string of the molecule is Cc1ccc(S(=O)(=O)OCC(=O)c2ccccc2C)cc1. The number of hydrogen-bond acceptors (Lipinski definition) is 4. The molecule has 21 heavy (non-hydrogen) atoms. The van der Waals surface area contributed by atoms with Gasteiger partial charge in [0, 0.05) is 5.56 Å². The smallest absolute Gasteiger partial charge is 0.291 e. The second-order valence-corrected chi connectivity index (χ2v) is 6.38. The van der Waals surface area contributed by atoms with Gasteiger partial charge in [0.15, 0.2) is 5.78 Å². The Labute approximate surface area is 124 Å². The minimum absolute atomic E-state index is 0.0469. The van der Waals surface area contributed by atoms with Crippen molar-refractivity contribution in [1.29, 1.82) is 0 Å². The van der Waals surface area contributed by atoms with Gasteiger partial charge in [0.1, 0.15) is 6.61 Å². The van der Waals surface area contributed by atoms with Crippen molar-refractivity contribution in [3.8, 4) is 0 Å². The summed E-state index contributed by atoms with van der Waals surface area (Å²) in [4.78, 5) is 12.1. The molecule has 0 saturated heterocycles. The van der Waals surface area contributed by atoms with Crippen LogP contribution < -0.4 is 0 Å². The summed E-state index contributed by atoms with van der Waals surface area (Å²) in [6.45, 7) is 3.15. The van der Waals surface area contributed by atoms with Crippen LogP contribution in [0.4, 0.5) is 0 Å². The second-order valence-electron chi connectivity index (χ2n) is 4.77. The largest absolute Gasteiger partial charge is 0.297 e. The first-order valence-corrected chi connectivity index (χ1v) is 7.86. The van der Waals surface area contributed by atoms with Crippen molar-refractivity contribution in [2.75, 3.05) is 6.61 Å². The maximum absolute atomic E-state index is 12.0. The van der Waals surface area contributed by atoms with E-state index in [9.17, 15) is 13.2 Å². The fourth-order valence-corrected chi connectivity index (χ4v) is 2.74. The number of Topliss-reactive ketones (excluding diaryl/α,β-unsaturated/α-hetero) is 1. The molecule has 0 atom stereocenters. The molecule has 4 nitrogen and oxygen atoms in total. The van der Waals surface area contributed by atoms with Gasteiger partial charge in [-0.05, 0) is 31.5 Å². The van der Waals surface area contributed by atoms with Crippen molar-refractivity contribution >= 4 is 15.9 Å². The van der Waals surface area contributed by atoms with E-state index in [-0.39, 0.29) is 10.7 Å². The number of aryl methyl sites for hydroxylation is 2. The number of carbonyl (C=O) groups is 1. The predicted molar refractivity (Wildman–Crippen MR) is 79.8 cm³/mol. The summed E-state index contributed by atoms with van der Waals surface area (Å²) in [5.41, 5.74) is 2.21. The van der Waals surface area contributed by atoms with Gasteiger partial charge in [-0.15, -0.1) is 0 Å². The van der Waals surface area contributed by atoms with E-state index in [1.807, 2.05) is 13.0 Å². The summed E-state index contributed by atoms with van der Waals surface area (Å²) in [5.74, 6) is -0.358. The quantitative estimate of drug-likeness (QED) is 0.629. The van der Waals surface area contributed by atoms with Crippen LogP contribution in [0.15, 0.2) is 53.4 Å². The molecule has 0 unspecified atom stereocenters. The number of carbonyl (C=O) groups excluding carboxylic acids is 1. The molecule has 0 radical (unpaired) electrons. The molecular weight excluding hydrogens is 288 g/mol. The summed E-state index contributed by atoms with van der Waals surface area (Å²) >= 11 is 0. The van der Waals surface area contributed by atoms with E-state index < -0.39 is 16.7 Å². The molecule has 0 aliphatic heterocycles. The normalized spacial score (nSPS) is 11.3. The van der Waals surface area contributed by atoms with Gasteiger partial charge in [0.05, 0.1) is 4.90 Å². The molecule has 0 amide bonds.